The molecule has 0 amide bonds. The minimum Gasteiger partial charge on any atom is -0.356 e. The third-order valence-electron chi connectivity index (χ3n) is 5.25. The molecule has 26 heavy (non-hydrogen) atoms. The molecule has 0 bridgehead atoms. The summed E-state index contributed by atoms with van der Waals surface area (Å²) in [6.45, 7) is 11.3. The summed E-state index contributed by atoms with van der Waals surface area (Å²) in [5.74, 6) is 1.35. The largest absolute Gasteiger partial charge is 0.356 e. The van der Waals surface area contributed by atoms with E-state index < -0.39 is 10.0 Å². The Bertz CT molecular complexity index is 589. The van der Waals surface area contributed by atoms with Gasteiger partial charge in [0.05, 0.1) is 6.26 Å². The maximum atomic E-state index is 11.6. The molecule has 2 heterocycles. The van der Waals surface area contributed by atoms with Crippen molar-refractivity contribution in [3.63, 3.8) is 0 Å². The summed E-state index contributed by atoms with van der Waals surface area (Å²) in [5, 5.41) is 6.96. The van der Waals surface area contributed by atoms with E-state index in [4.69, 9.17) is 0 Å². The summed E-state index contributed by atoms with van der Waals surface area (Å²) in [5.41, 5.74) is 1.22. The first kappa shape index (κ1) is 21.2. The van der Waals surface area contributed by atoms with Crippen molar-refractivity contribution >= 4 is 16.0 Å². The quantitative estimate of drug-likeness (QED) is 0.403. The molecule has 150 valence electrons. The van der Waals surface area contributed by atoms with Crippen molar-refractivity contribution in [1.82, 2.24) is 19.8 Å². The number of nitrogens with zero attached hydrogens (tertiary/aromatic N) is 3. The first-order valence-corrected chi connectivity index (χ1v) is 11.4. The van der Waals surface area contributed by atoms with Gasteiger partial charge in [-0.05, 0) is 38.5 Å². The van der Waals surface area contributed by atoms with Crippen LogP contribution in [-0.4, -0.2) is 82.2 Å². The Labute approximate surface area is 159 Å². The molecule has 7 nitrogen and oxygen atoms in total. The standard InChI is InChI=1S/C18H35N5O2S/c1-15(2)14-22-9-7-17(8-10-22)21-18(19-3)20-13-16-5-11-23(12-6-16)26(4,24)25/h16-17H,1,5-14H2,2-4H3,(H2,19,20,21). The number of guanidine groups is 1. The van der Waals surface area contributed by atoms with Gasteiger partial charge in [0.15, 0.2) is 5.96 Å². The molecule has 0 aromatic heterocycles. The minimum atomic E-state index is -3.05. The monoisotopic (exact) mass is 385 g/mol. The highest BCUT2D eigenvalue weighted by Gasteiger charge is 2.25. The Morgan fingerprint density at radius 1 is 1.15 bits per heavy atom. The summed E-state index contributed by atoms with van der Waals surface area (Å²) < 4.78 is 24.7. The predicted octanol–water partition coefficient (Wildman–Crippen LogP) is 0.864. The van der Waals surface area contributed by atoms with Crippen molar-refractivity contribution in [3.8, 4) is 0 Å². The Hall–Kier alpha value is -1.12. The number of rotatable bonds is 6. The van der Waals surface area contributed by atoms with Crippen molar-refractivity contribution in [1.29, 1.82) is 0 Å². The molecule has 0 aromatic rings. The Morgan fingerprint density at radius 2 is 1.77 bits per heavy atom. The third kappa shape index (κ3) is 6.89. The fourth-order valence-corrected chi connectivity index (χ4v) is 4.57. The molecular formula is C18H35N5O2S. The highest BCUT2D eigenvalue weighted by Crippen LogP contribution is 2.18. The van der Waals surface area contributed by atoms with Crippen molar-refractivity contribution in [2.24, 2.45) is 10.9 Å². The molecule has 2 fully saturated rings. The van der Waals surface area contributed by atoms with Gasteiger partial charge >= 0.3 is 0 Å². The van der Waals surface area contributed by atoms with Crippen molar-refractivity contribution in [3.05, 3.63) is 12.2 Å². The first-order chi connectivity index (χ1) is 12.3. The molecule has 2 N–H and O–H groups in total. The molecule has 2 aliphatic heterocycles. The van der Waals surface area contributed by atoms with E-state index in [2.05, 4.69) is 34.0 Å². The van der Waals surface area contributed by atoms with Crippen LogP contribution in [0.3, 0.4) is 0 Å². The smallest absolute Gasteiger partial charge is 0.211 e. The van der Waals surface area contributed by atoms with Crippen LogP contribution >= 0.6 is 0 Å². The van der Waals surface area contributed by atoms with Gasteiger partial charge in [0.2, 0.25) is 10.0 Å². The number of aliphatic imine (C=N–C) groups is 1. The van der Waals surface area contributed by atoms with Crippen molar-refractivity contribution in [2.45, 2.75) is 38.6 Å². The number of piperidine rings is 2. The second-order valence-electron chi connectivity index (χ2n) is 7.71. The molecule has 8 heteroatoms. The molecule has 0 unspecified atom stereocenters. The van der Waals surface area contributed by atoms with E-state index in [0.717, 1.165) is 57.8 Å². The number of likely N-dealkylation sites (tertiary alicyclic amines) is 1. The van der Waals surface area contributed by atoms with Gasteiger partial charge in [0.1, 0.15) is 0 Å². The number of hydrogen-bond donors (Lipinski definition) is 2. The molecule has 0 aromatic carbocycles. The van der Waals surface area contributed by atoms with Crippen molar-refractivity contribution in [2.75, 3.05) is 52.6 Å². The van der Waals surface area contributed by atoms with Crippen LogP contribution in [0.1, 0.15) is 32.6 Å². The summed E-state index contributed by atoms with van der Waals surface area (Å²) >= 11 is 0. The van der Waals surface area contributed by atoms with Crippen LogP contribution in [0.15, 0.2) is 17.1 Å². The Kier molecular flexibility index (Phi) is 7.91. The van der Waals surface area contributed by atoms with Gasteiger partial charge in [0, 0.05) is 52.4 Å². The summed E-state index contributed by atoms with van der Waals surface area (Å²) in [7, 11) is -1.25. The van der Waals surface area contributed by atoms with E-state index in [1.807, 2.05) is 0 Å². The van der Waals surface area contributed by atoms with Crippen molar-refractivity contribution < 1.29 is 8.42 Å². The highest BCUT2D eigenvalue weighted by molar-refractivity contribution is 7.88. The topological polar surface area (TPSA) is 77.0 Å². The maximum absolute atomic E-state index is 11.6. The van der Waals surface area contributed by atoms with E-state index in [1.54, 1.807) is 11.4 Å². The van der Waals surface area contributed by atoms with Gasteiger partial charge < -0.3 is 10.6 Å². The average molecular weight is 386 g/mol. The van der Waals surface area contributed by atoms with Gasteiger partial charge in [-0.1, -0.05) is 12.2 Å². The summed E-state index contributed by atoms with van der Waals surface area (Å²) in [6.07, 6.45) is 5.31. The van der Waals surface area contributed by atoms with E-state index in [1.165, 1.54) is 11.8 Å². The van der Waals surface area contributed by atoms with E-state index in [-0.39, 0.29) is 0 Å². The van der Waals surface area contributed by atoms with Gasteiger partial charge in [-0.3, -0.25) is 9.89 Å². The van der Waals surface area contributed by atoms with Crippen LogP contribution in [0.2, 0.25) is 0 Å². The van der Waals surface area contributed by atoms with E-state index in [9.17, 15) is 8.42 Å². The fraction of sp³-hybridized carbons (Fsp3) is 0.833. The number of sulfonamides is 1. The molecule has 0 atom stereocenters. The van der Waals surface area contributed by atoms with Crippen LogP contribution in [0, 0.1) is 5.92 Å². The lowest BCUT2D eigenvalue weighted by Gasteiger charge is -2.34. The third-order valence-corrected chi connectivity index (χ3v) is 6.55. The molecule has 0 radical (unpaired) electrons. The first-order valence-electron chi connectivity index (χ1n) is 9.57. The molecule has 0 aliphatic carbocycles. The van der Waals surface area contributed by atoms with Crippen LogP contribution in [0.25, 0.3) is 0 Å². The van der Waals surface area contributed by atoms with Crippen LogP contribution in [0.5, 0.6) is 0 Å². The zero-order valence-corrected chi connectivity index (χ0v) is 17.3. The lowest BCUT2D eigenvalue weighted by molar-refractivity contribution is 0.220. The normalized spacial score (nSPS) is 22.3. The molecule has 2 rings (SSSR count). The van der Waals surface area contributed by atoms with Crippen LogP contribution < -0.4 is 10.6 Å². The molecule has 2 saturated heterocycles. The predicted molar refractivity (Wildman–Crippen MR) is 108 cm³/mol. The number of hydrogen-bond acceptors (Lipinski definition) is 4. The number of nitrogens with one attached hydrogen (secondary N) is 2. The highest BCUT2D eigenvalue weighted by atomic mass is 32.2. The lowest BCUT2D eigenvalue weighted by atomic mass is 9.98. The maximum Gasteiger partial charge on any atom is 0.211 e. The Morgan fingerprint density at radius 3 is 2.27 bits per heavy atom. The average Bonchev–Trinajstić information content (AvgIpc) is 2.59. The zero-order valence-electron chi connectivity index (χ0n) is 16.5. The van der Waals surface area contributed by atoms with Gasteiger partial charge in [-0.15, -0.1) is 0 Å². The second kappa shape index (κ2) is 9.71. The fourth-order valence-electron chi connectivity index (χ4n) is 3.69. The molecule has 0 spiro atoms. The molecular weight excluding hydrogens is 350 g/mol. The zero-order chi connectivity index (χ0) is 19.2. The van der Waals surface area contributed by atoms with Crippen LogP contribution in [0.4, 0.5) is 0 Å². The minimum absolute atomic E-state index is 0.453. The van der Waals surface area contributed by atoms with Crippen LogP contribution in [-0.2, 0) is 10.0 Å². The lowest BCUT2D eigenvalue weighted by Crippen LogP contribution is -2.50. The van der Waals surface area contributed by atoms with E-state index >= 15 is 0 Å². The molecule has 0 saturated carbocycles. The van der Waals surface area contributed by atoms with Gasteiger partial charge in [0.25, 0.3) is 0 Å². The summed E-state index contributed by atoms with van der Waals surface area (Å²) in [4.78, 5) is 6.80. The SMILES string of the molecule is C=C(C)CN1CCC(NC(=NC)NCC2CCN(S(C)(=O)=O)CC2)CC1. The van der Waals surface area contributed by atoms with Gasteiger partial charge in [-0.25, -0.2) is 12.7 Å². The second-order valence-corrected chi connectivity index (χ2v) is 9.69. The molecule has 2 aliphatic rings. The summed E-state index contributed by atoms with van der Waals surface area (Å²) in [6, 6.07) is 0.453. The van der Waals surface area contributed by atoms with E-state index in [0.29, 0.717) is 25.0 Å². The Balaban J connectivity index is 1.68. The van der Waals surface area contributed by atoms with Gasteiger partial charge in [-0.2, -0.15) is 0 Å².